The summed E-state index contributed by atoms with van der Waals surface area (Å²) in [6, 6.07) is 5.68. The number of hydrogen-bond acceptors (Lipinski definition) is 7. The van der Waals surface area contributed by atoms with Gasteiger partial charge in [0.1, 0.15) is 0 Å². The first-order valence-corrected chi connectivity index (χ1v) is 9.34. The van der Waals surface area contributed by atoms with Crippen molar-refractivity contribution in [3.63, 3.8) is 0 Å². The number of hydrogen-bond donors (Lipinski definition) is 1. The third kappa shape index (κ3) is 3.56. The first kappa shape index (κ1) is 17.3. The van der Waals surface area contributed by atoms with Crippen LogP contribution in [0, 0.1) is 20.8 Å². The number of anilines is 1. The quantitative estimate of drug-likeness (QED) is 0.568. The summed E-state index contributed by atoms with van der Waals surface area (Å²) in [5.41, 5.74) is 3.44. The van der Waals surface area contributed by atoms with Crippen molar-refractivity contribution in [2.45, 2.75) is 33.6 Å². The standard InChI is InChI=1S/C17H18N8OS/c1-10-8-12(3)24(22-10)15-5-4-13-20-21-14(25(13)23-15)6-7-16(26)19-17-18-11(2)9-27-17/h4-5,8-9H,6-7H2,1-3H3,(H,18,19,26). The fourth-order valence-electron chi connectivity index (χ4n) is 2.77. The molecule has 0 aliphatic rings. The van der Waals surface area contributed by atoms with Gasteiger partial charge >= 0.3 is 0 Å². The maximum Gasteiger partial charge on any atom is 0.226 e. The van der Waals surface area contributed by atoms with Crippen LogP contribution in [0.15, 0.2) is 23.6 Å². The fourth-order valence-corrected chi connectivity index (χ4v) is 3.48. The lowest BCUT2D eigenvalue weighted by molar-refractivity contribution is -0.116. The Bertz CT molecular complexity index is 1130. The SMILES string of the molecule is Cc1csc(NC(=O)CCc2nnc3ccc(-n4nc(C)cc4C)nn23)n1. The van der Waals surface area contributed by atoms with Gasteiger partial charge in [0.15, 0.2) is 22.4 Å². The summed E-state index contributed by atoms with van der Waals surface area (Å²) in [7, 11) is 0. The Labute approximate surface area is 159 Å². The number of fused-ring (bicyclic) bond motifs is 1. The first-order valence-electron chi connectivity index (χ1n) is 8.46. The van der Waals surface area contributed by atoms with Gasteiger partial charge in [0.25, 0.3) is 0 Å². The number of rotatable bonds is 5. The zero-order chi connectivity index (χ0) is 19.0. The Kier molecular flexibility index (Phi) is 4.40. The monoisotopic (exact) mass is 382 g/mol. The Hall–Kier alpha value is -3.14. The van der Waals surface area contributed by atoms with Gasteiger partial charge in [0.2, 0.25) is 5.91 Å². The zero-order valence-corrected chi connectivity index (χ0v) is 16.0. The van der Waals surface area contributed by atoms with E-state index in [-0.39, 0.29) is 12.3 Å². The van der Waals surface area contributed by atoms with Gasteiger partial charge in [-0.3, -0.25) is 4.79 Å². The van der Waals surface area contributed by atoms with Gasteiger partial charge in [-0.15, -0.1) is 26.6 Å². The summed E-state index contributed by atoms with van der Waals surface area (Å²) in [5.74, 6) is 1.19. The van der Waals surface area contributed by atoms with Crippen LogP contribution in [0.25, 0.3) is 11.5 Å². The van der Waals surface area contributed by atoms with Crippen LogP contribution < -0.4 is 5.32 Å². The molecule has 9 nitrogen and oxygen atoms in total. The fraction of sp³-hybridized carbons (Fsp3) is 0.294. The van der Waals surface area contributed by atoms with E-state index >= 15 is 0 Å². The Balaban J connectivity index is 1.52. The van der Waals surface area contributed by atoms with E-state index in [1.807, 2.05) is 44.4 Å². The number of aryl methyl sites for hydroxylation is 4. The highest BCUT2D eigenvalue weighted by atomic mass is 32.1. The van der Waals surface area contributed by atoms with Crippen LogP contribution in [0.3, 0.4) is 0 Å². The minimum atomic E-state index is -0.115. The Morgan fingerprint density at radius 2 is 2.00 bits per heavy atom. The second-order valence-electron chi connectivity index (χ2n) is 6.26. The van der Waals surface area contributed by atoms with Gasteiger partial charge in [-0.1, -0.05) is 0 Å². The molecule has 1 N–H and O–H groups in total. The van der Waals surface area contributed by atoms with Gasteiger partial charge in [-0.2, -0.15) is 9.61 Å². The Morgan fingerprint density at radius 1 is 1.15 bits per heavy atom. The lowest BCUT2D eigenvalue weighted by Gasteiger charge is -2.05. The maximum absolute atomic E-state index is 12.2. The molecule has 138 valence electrons. The molecule has 0 aliphatic heterocycles. The predicted molar refractivity (Wildman–Crippen MR) is 101 cm³/mol. The third-order valence-corrected chi connectivity index (χ3v) is 4.86. The number of aromatic nitrogens is 7. The smallest absolute Gasteiger partial charge is 0.226 e. The third-order valence-electron chi connectivity index (χ3n) is 3.98. The van der Waals surface area contributed by atoms with Crippen molar-refractivity contribution >= 4 is 28.0 Å². The van der Waals surface area contributed by atoms with Gasteiger partial charge in [0.05, 0.1) is 11.4 Å². The number of nitrogens with one attached hydrogen (secondary N) is 1. The summed E-state index contributed by atoms with van der Waals surface area (Å²) >= 11 is 1.41. The first-order chi connectivity index (χ1) is 13.0. The van der Waals surface area contributed by atoms with Crippen molar-refractivity contribution in [1.82, 2.24) is 34.6 Å². The van der Waals surface area contributed by atoms with Crippen LogP contribution in [-0.4, -0.2) is 40.5 Å². The molecule has 0 spiro atoms. The predicted octanol–water partition coefficient (Wildman–Crippen LogP) is 2.26. The lowest BCUT2D eigenvalue weighted by Crippen LogP contribution is -2.14. The van der Waals surface area contributed by atoms with Crippen molar-refractivity contribution < 1.29 is 4.79 Å². The number of carbonyl (C=O) groups excluding carboxylic acids is 1. The molecule has 0 bridgehead atoms. The molecule has 27 heavy (non-hydrogen) atoms. The van der Waals surface area contributed by atoms with E-state index < -0.39 is 0 Å². The van der Waals surface area contributed by atoms with E-state index in [4.69, 9.17) is 0 Å². The molecule has 4 aromatic rings. The highest BCUT2D eigenvalue weighted by molar-refractivity contribution is 7.13. The molecular weight excluding hydrogens is 364 g/mol. The van der Waals surface area contributed by atoms with Crippen molar-refractivity contribution in [3.8, 4) is 5.82 Å². The molecule has 0 saturated heterocycles. The molecule has 10 heteroatoms. The van der Waals surface area contributed by atoms with E-state index in [1.165, 1.54) is 11.3 Å². The Morgan fingerprint density at radius 3 is 2.70 bits per heavy atom. The molecule has 0 aromatic carbocycles. The molecule has 0 radical (unpaired) electrons. The maximum atomic E-state index is 12.2. The topological polar surface area (TPSA) is 103 Å². The number of nitrogens with zero attached hydrogens (tertiary/aromatic N) is 7. The minimum Gasteiger partial charge on any atom is -0.302 e. The lowest BCUT2D eigenvalue weighted by atomic mass is 10.3. The highest BCUT2D eigenvalue weighted by Gasteiger charge is 2.13. The van der Waals surface area contributed by atoms with E-state index in [0.717, 1.165) is 17.1 Å². The number of carbonyl (C=O) groups is 1. The largest absolute Gasteiger partial charge is 0.302 e. The molecular formula is C17H18N8OS. The highest BCUT2D eigenvalue weighted by Crippen LogP contribution is 2.15. The molecule has 1 amide bonds. The van der Waals surface area contributed by atoms with E-state index in [0.29, 0.717) is 28.8 Å². The second-order valence-corrected chi connectivity index (χ2v) is 7.12. The van der Waals surface area contributed by atoms with E-state index in [2.05, 4.69) is 30.7 Å². The molecule has 4 rings (SSSR count). The van der Waals surface area contributed by atoms with Crippen LogP contribution in [0.4, 0.5) is 5.13 Å². The minimum absolute atomic E-state index is 0.115. The van der Waals surface area contributed by atoms with Crippen molar-refractivity contribution in [3.05, 3.63) is 46.5 Å². The van der Waals surface area contributed by atoms with Crippen molar-refractivity contribution in [2.75, 3.05) is 5.32 Å². The molecule has 0 fully saturated rings. The molecule has 0 aliphatic carbocycles. The molecule has 0 saturated carbocycles. The summed E-state index contributed by atoms with van der Waals surface area (Å²) in [6.07, 6.45) is 0.691. The van der Waals surface area contributed by atoms with Gasteiger partial charge in [-0.25, -0.2) is 9.67 Å². The van der Waals surface area contributed by atoms with Gasteiger partial charge in [0, 0.05) is 23.9 Å². The summed E-state index contributed by atoms with van der Waals surface area (Å²) in [4.78, 5) is 16.4. The van der Waals surface area contributed by atoms with E-state index in [1.54, 1.807) is 9.20 Å². The second kappa shape index (κ2) is 6.88. The van der Waals surface area contributed by atoms with Crippen LogP contribution >= 0.6 is 11.3 Å². The normalized spacial score (nSPS) is 11.2. The molecule has 4 aromatic heterocycles. The average Bonchev–Trinajstić information content (AvgIpc) is 3.31. The van der Waals surface area contributed by atoms with Gasteiger partial charge in [-0.05, 0) is 39.0 Å². The summed E-state index contributed by atoms with van der Waals surface area (Å²) < 4.78 is 3.43. The van der Waals surface area contributed by atoms with Crippen molar-refractivity contribution in [1.29, 1.82) is 0 Å². The zero-order valence-electron chi connectivity index (χ0n) is 15.2. The molecule has 4 heterocycles. The van der Waals surface area contributed by atoms with Gasteiger partial charge < -0.3 is 5.32 Å². The number of amides is 1. The van der Waals surface area contributed by atoms with Crippen molar-refractivity contribution in [2.24, 2.45) is 0 Å². The summed E-state index contributed by atoms with van der Waals surface area (Å²) in [6.45, 7) is 5.80. The van der Waals surface area contributed by atoms with Crippen LogP contribution in [0.1, 0.15) is 29.3 Å². The summed E-state index contributed by atoms with van der Waals surface area (Å²) in [5, 5.41) is 22.6. The van der Waals surface area contributed by atoms with Crippen LogP contribution in [0.2, 0.25) is 0 Å². The van der Waals surface area contributed by atoms with Crippen LogP contribution in [0.5, 0.6) is 0 Å². The number of thiazole rings is 1. The molecule has 0 atom stereocenters. The average molecular weight is 382 g/mol. The van der Waals surface area contributed by atoms with Crippen LogP contribution in [-0.2, 0) is 11.2 Å². The van der Waals surface area contributed by atoms with E-state index in [9.17, 15) is 4.79 Å². The molecule has 0 unspecified atom stereocenters.